The highest BCUT2D eigenvalue weighted by Crippen LogP contribution is 2.19. The average Bonchev–Trinajstić information content (AvgIpc) is 2.68. The molecule has 0 aromatic heterocycles. The number of nitrogens with zero attached hydrogens (tertiary/aromatic N) is 2. The Hall–Kier alpha value is -1.75. The van der Waals surface area contributed by atoms with Gasteiger partial charge in [0.25, 0.3) is 0 Å². The molecule has 0 radical (unpaired) electrons. The minimum atomic E-state index is 0.692. The maximum atomic E-state index is 5.71. The summed E-state index contributed by atoms with van der Waals surface area (Å²) in [5.41, 5.74) is 1.22. The molecule has 0 saturated carbocycles. The summed E-state index contributed by atoms with van der Waals surface area (Å²) in [5.74, 6) is 2.75. The van der Waals surface area contributed by atoms with E-state index in [1.54, 1.807) is 0 Å². The molecule has 1 aliphatic heterocycles. The molecule has 146 valence electrons. The van der Waals surface area contributed by atoms with Crippen molar-refractivity contribution in [3.05, 3.63) is 29.8 Å². The highest BCUT2D eigenvalue weighted by molar-refractivity contribution is 5.79. The van der Waals surface area contributed by atoms with Crippen molar-refractivity contribution in [2.24, 2.45) is 10.9 Å². The first-order chi connectivity index (χ1) is 12.7. The van der Waals surface area contributed by atoms with Gasteiger partial charge in [0.05, 0.1) is 6.61 Å². The number of nitrogens with one attached hydrogen (secondary N) is 1. The number of hydrogen-bond donors (Lipinski definition) is 1. The lowest BCUT2D eigenvalue weighted by Gasteiger charge is -2.26. The van der Waals surface area contributed by atoms with Crippen LogP contribution in [0.15, 0.2) is 29.3 Å². The number of aliphatic imine (C=N–C) groups is 1. The van der Waals surface area contributed by atoms with Gasteiger partial charge in [0.1, 0.15) is 5.75 Å². The van der Waals surface area contributed by atoms with Crippen molar-refractivity contribution < 1.29 is 9.47 Å². The Balaban J connectivity index is 1.86. The quantitative estimate of drug-likeness (QED) is 0.541. The summed E-state index contributed by atoms with van der Waals surface area (Å²) in [6.45, 7) is 9.34. The van der Waals surface area contributed by atoms with Crippen LogP contribution in [0.3, 0.4) is 0 Å². The molecule has 0 aliphatic carbocycles. The lowest BCUT2D eigenvalue weighted by molar-refractivity contribution is 0.0625. The Kier molecular flexibility index (Phi) is 9.32. The Morgan fingerprint density at radius 3 is 2.77 bits per heavy atom. The number of para-hydroxylation sites is 1. The maximum absolute atomic E-state index is 5.71. The molecule has 5 heteroatoms. The van der Waals surface area contributed by atoms with Crippen molar-refractivity contribution in [2.75, 3.05) is 46.5 Å². The van der Waals surface area contributed by atoms with E-state index in [0.717, 1.165) is 56.9 Å². The largest absolute Gasteiger partial charge is 0.494 e. The van der Waals surface area contributed by atoms with Crippen LogP contribution in [0.5, 0.6) is 5.75 Å². The lowest BCUT2D eigenvalue weighted by Crippen LogP contribution is -2.40. The molecule has 26 heavy (non-hydrogen) atoms. The van der Waals surface area contributed by atoms with Crippen molar-refractivity contribution in [1.29, 1.82) is 0 Å². The van der Waals surface area contributed by atoms with Gasteiger partial charge in [-0.3, -0.25) is 4.99 Å². The molecule has 5 nitrogen and oxygen atoms in total. The topological polar surface area (TPSA) is 46.1 Å². The summed E-state index contributed by atoms with van der Waals surface area (Å²) >= 11 is 0. The normalized spacial score (nSPS) is 15.7. The van der Waals surface area contributed by atoms with E-state index in [-0.39, 0.29) is 0 Å². The zero-order chi connectivity index (χ0) is 18.6. The molecule has 1 heterocycles. The van der Waals surface area contributed by atoms with Gasteiger partial charge in [0.15, 0.2) is 5.96 Å². The maximum Gasteiger partial charge on any atom is 0.193 e. The van der Waals surface area contributed by atoms with Crippen LogP contribution >= 0.6 is 0 Å². The van der Waals surface area contributed by atoms with Gasteiger partial charge in [-0.15, -0.1) is 0 Å². The number of benzene rings is 1. The van der Waals surface area contributed by atoms with E-state index in [4.69, 9.17) is 14.5 Å². The third-order valence-electron chi connectivity index (χ3n) is 4.83. The third-order valence-corrected chi connectivity index (χ3v) is 4.83. The Bertz CT molecular complexity index is 542. The van der Waals surface area contributed by atoms with Crippen LogP contribution in [0.2, 0.25) is 0 Å². The standard InChI is InChI=1S/C21H35N3O2/c1-4-22-21(24(3)15-11-18-12-16-25-17-13-18)23-14-10-19-8-6-7-9-20(19)26-5-2/h6-9,18H,4-5,10-17H2,1-3H3,(H,22,23). The zero-order valence-electron chi connectivity index (χ0n) is 16.7. The van der Waals surface area contributed by atoms with Crippen molar-refractivity contribution in [2.45, 2.75) is 39.5 Å². The molecule has 0 spiro atoms. The minimum Gasteiger partial charge on any atom is -0.494 e. The highest BCUT2D eigenvalue weighted by atomic mass is 16.5. The first-order valence-electron chi connectivity index (χ1n) is 10.0. The van der Waals surface area contributed by atoms with Crippen molar-refractivity contribution in [3.63, 3.8) is 0 Å². The van der Waals surface area contributed by atoms with Gasteiger partial charge in [-0.25, -0.2) is 0 Å². The van der Waals surface area contributed by atoms with Crippen LogP contribution in [-0.4, -0.2) is 57.4 Å². The molecule has 2 rings (SSSR count). The van der Waals surface area contributed by atoms with E-state index in [2.05, 4.69) is 36.3 Å². The Labute approximate surface area is 158 Å². The number of hydrogen-bond acceptors (Lipinski definition) is 3. The fourth-order valence-electron chi connectivity index (χ4n) is 3.28. The Morgan fingerprint density at radius 2 is 2.04 bits per heavy atom. The monoisotopic (exact) mass is 361 g/mol. The molecule has 1 fully saturated rings. The van der Waals surface area contributed by atoms with Crippen LogP contribution in [0.4, 0.5) is 0 Å². The fourth-order valence-corrected chi connectivity index (χ4v) is 3.28. The predicted molar refractivity (Wildman–Crippen MR) is 108 cm³/mol. The smallest absolute Gasteiger partial charge is 0.193 e. The van der Waals surface area contributed by atoms with Gasteiger partial charge in [0, 0.05) is 39.9 Å². The van der Waals surface area contributed by atoms with E-state index in [1.807, 2.05) is 19.1 Å². The average molecular weight is 362 g/mol. The van der Waals surface area contributed by atoms with Crippen LogP contribution in [0.25, 0.3) is 0 Å². The van der Waals surface area contributed by atoms with Crippen molar-refractivity contribution in [3.8, 4) is 5.75 Å². The lowest BCUT2D eigenvalue weighted by atomic mass is 9.96. The molecule has 1 aromatic carbocycles. The van der Waals surface area contributed by atoms with Gasteiger partial charge < -0.3 is 19.7 Å². The molecule has 0 unspecified atom stereocenters. The summed E-state index contributed by atoms with van der Waals surface area (Å²) in [4.78, 5) is 7.08. The molecule has 1 N–H and O–H groups in total. The second kappa shape index (κ2) is 11.8. The second-order valence-electron chi connectivity index (χ2n) is 6.79. The van der Waals surface area contributed by atoms with E-state index < -0.39 is 0 Å². The number of rotatable bonds is 9. The van der Waals surface area contributed by atoms with Crippen LogP contribution in [0.1, 0.15) is 38.7 Å². The first-order valence-corrected chi connectivity index (χ1v) is 10.0. The van der Waals surface area contributed by atoms with Crippen LogP contribution in [-0.2, 0) is 11.2 Å². The van der Waals surface area contributed by atoms with Gasteiger partial charge in [-0.2, -0.15) is 0 Å². The van der Waals surface area contributed by atoms with Crippen LogP contribution in [0, 0.1) is 5.92 Å². The first kappa shape index (κ1) is 20.6. The summed E-state index contributed by atoms with van der Waals surface area (Å²) in [6.07, 6.45) is 4.47. The zero-order valence-corrected chi connectivity index (χ0v) is 16.7. The second-order valence-corrected chi connectivity index (χ2v) is 6.79. The predicted octanol–water partition coefficient (Wildman–Crippen LogP) is 3.34. The molecule has 0 amide bonds. The summed E-state index contributed by atoms with van der Waals surface area (Å²) < 4.78 is 11.2. The molecule has 0 bridgehead atoms. The molecular formula is C21H35N3O2. The van der Waals surface area contributed by atoms with Gasteiger partial charge in [-0.05, 0) is 57.1 Å². The van der Waals surface area contributed by atoms with E-state index in [1.165, 1.54) is 24.8 Å². The molecule has 1 aromatic rings. The van der Waals surface area contributed by atoms with Crippen LogP contribution < -0.4 is 10.1 Å². The molecule has 1 aliphatic rings. The van der Waals surface area contributed by atoms with Crippen molar-refractivity contribution >= 4 is 5.96 Å². The van der Waals surface area contributed by atoms with E-state index in [9.17, 15) is 0 Å². The highest BCUT2D eigenvalue weighted by Gasteiger charge is 2.15. The van der Waals surface area contributed by atoms with Crippen molar-refractivity contribution in [1.82, 2.24) is 10.2 Å². The fraction of sp³-hybridized carbons (Fsp3) is 0.667. The Morgan fingerprint density at radius 1 is 1.27 bits per heavy atom. The van der Waals surface area contributed by atoms with E-state index in [0.29, 0.717) is 6.61 Å². The summed E-state index contributed by atoms with van der Waals surface area (Å²) in [6, 6.07) is 8.24. The number of ether oxygens (including phenoxy) is 2. The molecule has 1 saturated heterocycles. The molecule has 0 atom stereocenters. The number of guanidine groups is 1. The van der Waals surface area contributed by atoms with Gasteiger partial charge in [0.2, 0.25) is 0 Å². The minimum absolute atomic E-state index is 0.692. The van der Waals surface area contributed by atoms with Gasteiger partial charge in [-0.1, -0.05) is 18.2 Å². The van der Waals surface area contributed by atoms with E-state index >= 15 is 0 Å². The van der Waals surface area contributed by atoms with Gasteiger partial charge >= 0.3 is 0 Å². The molecular weight excluding hydrogens is 326 g/mol. The summed E-state index contributed by atoms with van der Waals surface area (Å²) in [5, 5.41) is 3.42. The third kappa shape index (κ3) is 6.87. The summed E-state index contributed by atoms with van der Waals surface area (Å²) in [7, 11) is 2.13. The SMILES string of the molecule is CCNC(=NCCc1ccccc1OCC)N(C)CCC1CCOCC1.